The molecule has 0 aliphatic heterocycles. The predicted octanol–water partition coefficient (Wildman–Crippen LogP) is 4.90. The molecule has 0 aromatic heterocycles. The first-order chi connectivity index (χ1) is 8.97. The van der Waals surface area contributed by atoms with E-state index in [-0.39, 0.29) is 11.3 Å². The van der Waals surface area contributed by atoms with Crippen LogP contribution in [0.2, 0.25) is 5.02 Å². The van der Waals surface area contributed by atoms with Gasteiger partial charge in [0.25, 0.3) is 0 Å². The first kappa shape index (κ1) is 13.9. The van der Waals surface area contributed by atoms with Crippen LogP contribution >= 0.6 is 27.5 Å². The molecule has 0 saturated carbocycles. The molecule has 0 amide bonds. The van der Waals surface area contributed by atoms with E-state index in [9.17, 15) is 4.79 Å². The Morgan fingerprint density at radius 2 is 1.89 bits per heavy atom. The molecule has 2 aromatic carbocycles. The molecule has 0 bridgehead atoms. The molecule has 2 aromatic rings. The summed E-state index contributed by atoms with van der Waals surface area (Å²) < 4.78 is 6.40. The average molecular weight is 342 g/mol. The minimum Gasteiger partial charge on any atom is -0.478 e. The lowest BCUT2D eigenvalue weighted by atomic mass is 10.1. The fourth-order valence-corrected chi connectivity index (χ4v) is 2.29. The van der Waals surface area contributed by atoms with E-state index in [0.29, 0.717) is 10.8 Å². The van der Waals surface area contributed by atoms with E-state index in [1.807, 2.05) is 6.92 Å². The number of carboxylic acids is 1. The third-order valence-corrected chi connectivity index (χ3v) is 3.27. The predicted molar refractivity (Wildman–Crippen MR) is 77.4 cm³/mol. The number of carboxylic acid groups (broad SMARTS) is 1. The highest BCUT2D eigenvalue weighted by molar-refractivity contribution is 9.10. The Labute approximate surface area is 123 Å². The first-order valence-corrected chi connectivity index (χ1v) is 6.61. The summed E-state index contributed by atoms with van der Waals surface area (Å²) in [5.74, 6) is -0.356. The molecule has 98 valence electrons. The van der Waals surface area contributed by atoms with Gasteiger partial charge in [0.1, 0.15) is 17.1 Å². The molecule has 2 rings (SSSR count). The maximum atomic E-state index is 11.2. The molecule has 3 nitrogen and oxygen atoms in total. The highest BCUT2D eigenvalue weighted by Gasteiger charge is 2.13. The SMILES string of the molecule is Cc1ccc(Oc2ccc(Br)cc2Cl)c(C(=O)O)c1. The third kappa shape index (κ3) is 3.28. The van der Waals surface area contributed by atoms with Crippen LogP contribution in [0, 0.1) is 6.92 Å². The average Bonchev–Trinajstić information content (AvgIpc) is 2.34. The second-order valence-corrected chi connectivity index (χ2v) is 5.30. The van der Waals surface area contributed by atoms with Gasteiger partial charge in [0.05, 0.1) is 5.02 Å². The smallest absolute Gasteiger partial charge is 0.339 e. The summed E-state index contributed by atoms with van der Waals surface area (Å²) in [4.78, 5) is 11.2. The largest absolute Gasteiger partial charge is 0.478 e. The molecule has 0 aliphatic rings. The molecule has 0 heterocycles. The monoisotopic (exact) mass is 340 g/mol. The minimum absolute atomic E-state index is 0.110. The summed E-state index contributed by atoms with van der Waals surface area (Å²) in [5.41, 5.74) is 0.964. The summed E-state index contributed by atoms with van der Waals surface area (Å²) in [6, 6.07) is 10.1. The van der Waals surface area contributed by atoms with E-state index in [4.69, 9.17) is 21.4 Å². The van der Waals surface area contributed by atoms with Gasteiger partial charge in [0.2, 0.25) is 0 Å². The van der Waals surface area contributed by atoms with Crippen LogP contribution in [-0.4, -0.2) is 11.1 Å². The van der Waals surface area contributed by atoms with E-state index < -0.39 is 5.97 Å². The van der Waals surface area contributed by atoms with Crippen molar-refractivity contribution in [1.29, 1.82) is 0 Å². The lowest BCUT2D eigenvalue weighted by molar-refractivity contribution is 0.0694. The molecule has 0 radical (unpaired) electrons. The lowest BCUT2D eigenvalue weighted by Gasteiger charge is -2.11. The van der Waals surface area contributed by atoms with Crippen molar-refractivity contribution >= 4 is 33.5 Å². The van der Waals surface area contributed by atoms with E-state index in [1.54, 1.807) is 36.4 Å². The molecular weight excluding hydrogens is 332 g/mol. The molecule has 1 N–H and O–H groups in total. The number of halogens is 2. The number of hydrogen-bond acceptors (Lipinski definition) is 2. The Balaban J connectivity index is 2.40. The van der Waals surface area contributed by atoms with Crippen molar-refractivity contribution in [3.05, 3.63) is 57.0 Å². The Kier molecular flexibility index (Phi) is 4.12. The standard InChI is InChI=1S/C14H10BrClO3/c1-8-2-4-12(10(6-8)14(17)18)19-13-5-3-9(15)7-11(13)16/h2-7H,1H3,(H,17,18). The van der Waals surface area contributed by atoms with Crippen LogP contribution in [0.15, 0.2) is 40.9 Å². The van der Waals surface area contributed by atoms with Gasteiger partial charge in [-0.05, 0) is 37.3 Å². The molecular formula is C14H10BrClO3. The van der Waals surface area contributed by atoms with Crippen LogP contribution in [0.4, 0.5) is 0 Å². The van der Waals surface area contributed by atoms with Crippen LogP contribution in [0.5, 0.6) is 11.5 Å². The third-order valence-electron chi connectivity index (χ3n) is 2.48. The van der Waals surface area contributed by atoms with Gasteiger partial charge in [0.15, 0.2) is 0 Å². The molecule has 0 saturated heterocycles. The molecule has 0 fully saturated rings. The van der Waals surface area contributed by atoms with E-state index in [2.05, 4.69) is 15.9 Å². The van der Waals surface area contributed by atoms with Crippen molar-refractivity contribution in [3.8, 4) is 11.5 Å². The van der Waals surface area contributed by atoms with E-state index in [1.165, 1.54) is 0 Å². The maximum Gasteiger partial charge on any atom is 0.339 e. The van der Waals surface area contributed by atoms with Crippen LogP contribution in [0.25, 0.3) is 0 Å². The summed E-state index contributed by atoms with van der Waals surface area (Å²) in [6.45, 7) is 1.82. The highest BCUT2D eigenvalue weighted by atomic mass is 79.9. The molecule has 0 aliphatic carbocycles. The maximum absolute atomic E-state index is 11.2. The molecule has 5 heteroatoms. The van der Waals surface area contributed by atoms with Crippen molar-refractivity contribution in [3.63, 3.8) is 0 Å². The Hall–Kier alpha value is -1.52. The molecule has 0 atom stereocenters. The zero-order valence-electron chi connectivity index (χ0n) is 9.98. The molecule has 19 heavy (non-hydrogen) atoms. The van der Waals surface area contributed by atoms with Crippen molar-refractivity contribution in [2.45, 2.75) is 6.92 Å². The van der Waals surface area contributed by atoms with E-state index >= 15 is 0 Å². The zero-order valence-corrected chi connectivity index (χ0v) is 12.3. The van der Waals surface area contributed by atoms with Crippen LogP contribution in [0.1, 0.15) is 15.9 Å². The fraction of sp³-hybridized carbons (Fsp3) is 0.0714. The Bertz CT molecular complexity index is 641. The highest BCUT2D eigenvalue weighted by Crippen LogP contribution is 2.33. The topological polar surface area (TPSA) is 46.5 Å². The van der Waals surface area contributed by atoms with Gasteiger partial charge < -0.3 is 9.84 Å². The van der Waals surface area contributed by atoms with Crippen molar-refractivity contribution in [2.24, 2.45) is 0 Å². The van der Waals surface area contributed by atoms with Gasteiger partial charge in [-0.1, -0.05) is 39.2 Å². The second-order valence-electron chi connectivity index (χ2n) is 3.98. The van der Waals surface area contributed by atoms with Gasteiger partial charge >= 0.3 is 5.97 Å². The fourth-order valence-electron chi connectivity index (χ4n) is 1.58. The molecule has 0 unspecified atom stereocenters. The number of rotatable bonds is 3. The quantitative estimate of drug-likeness (QED) is 0.863. The second kappa shape index (κ2) is 5.63. The number of aryl methyl sites for hydroxylation is 1. The number of ether oxygens (including phenoxy) is 1. The molecule has 0 spiro atoms. The number of hydrogen-bond donors (Lipinski definition) is 1. The minimum atomic E-state index is -1.04. The van der Waals surface area contributed by atoms with Gasteiger partial charge in [-0.2, -0.15) is 0 Å². The summed E-state index contributed by atoms with van der Waals surface area (Å²) in [5, 5.41) is 9.57. The summed E-state index contributed by atoms with van der Waals surface area (Å²) in [7, 11) is 0. The van der Waals surface area contributed by atoms with Crippen molar-refractivity contribution < 1.29 is 14.6 Å². The van der Waals surface area contributed by atoms with Crippen LogP contribution < -0.4 is 4.74 Å². The van der Waals surface area contributed by atoms with Gasteiger partial charge in [-0.25, -0.2) is 4.79 Å². The Morgan fingerprint density at radius 3 is 2.53 bits per heavy atom. The van der Waals surface area contributed by atoms with Crippen LogP contribution in [-0.2, 0) is 0 Å². The zero-order chi connectivity index (χ0) is 14.0. The van der Waals surface area contributed by atoms with Crippen molar-refractivity contribution in [1.82, 2.24) is 0 Å². The van der Waals surface area contributed by atoms with Gasteiger partial charge in [-0.3, -0.25) is 0 Å². The summed E-state index contributed by atoms with van der Waals surface area (Å²) in [6.07, 6.45) is 0. The van der Waals surface area contributed by atoms with Gasteiger partial charge in [0, 0.05) is 4.47 Å². The number of benzene rings is 2. The van der Waals surface area contributed by atoms with Crippen molar-refractivity contribution in [2.75, 3.05) is 0 Å². The van der Waals surface area contributed by atoms with Crippen LogP contribution in [0.3, 0.4) is 0 Å². The lowest BCUT2D eigenvalue weighted by Crippen LogP contribution is -2.00. The van der Waals surface area contributed by atoms with E-state index in [0.717, 1.165) is 10.0 Å². The normalized spacial score (nSPS) is 10.3. The number of carbonyl (C=O) groups is 1. The number of aromatic carboxylic acids is 1. The van der Waals surface area contributed by atoms with Gasteiger partial charge in [-0.15, -0.1) is 0 Å². The Morgan fingerprint density at radius 1 is 1.21 bits per heavy atom. The summed E-state index contributed by atoms with van der Waals surface area (Å²) >= 11 is 9.33. The first-order valence-electron chi connectivity index (χ1n) is 5.44.